The van der Waals surface area contributed by atoms with Crippen LogP contribution < -0.4 is 10.1 Å². The van der Waals surface area contributed by atoms with Gasteiger partial charge in [-0.05, 0) is 18.1 Å². The van der Waals surface area contributed by atoms with Crippen LogP contribution in [0.4, 0.5) is 5.69 Å². The molecule has 1 fully saturated rings. The van der Waals surface area contributed by atoms with Crippen molar-refractivity contribution in [2.45, 2.75) is 19.4 Å². The molecule has 20 heavy (non-hydrogen) atoms. The smallest absolute Gasteiger partial charge is 0.257 e. The van der Waals surface area contributed by atoms with E-state index in [-0.39, 0.29) is 11.8 Å². The first kappa shape index (κ1) is 13.2. The molecule has 1 aromatic rings. The molecule has 0 aromatic heterocycles. The van der Waals surface area contributed by atoms with E-state index in [2.05, 4.69) is 5.32 Å². The van der Waals surface area contributed by atoms with Gasteiger partial charge in [-0.15, -0.1) is 0 Å². The summed E-state index contributed by atoms with van der Waals surface area (Å²) in [4.78, 5) is 14.2. The van der Waals surface area contributed by atoms with Gasteiger partial charge >= 0.3 is 0 Å². The predicted octanol–water partition coefficient (Wildman–Crippen LogP) is 1.33. The molecule has 108 valence electrons. The number of fused-ring (bicyclic) bond motifs is 1. The first-order valence-electron chi connectivity index (χ1n) is 7.02. The Labute approximate surface area is 118 Å². The van der Waals surface area contributed by atoms with Crippen molar-refractivity contribution in [3.8, 4) is 5.75 Å². The zero-order chi connectivity index (χ0) is 14.3. The Morgan fingerprint density at radius 2 is 2.20 bits per heavy atom. The minimum Gasteiger partial charge on any atom is -0.489 e. The number of carbonyl (C=O) groups is 1. The zero-order valence-electron chi connectivity index (χ0n) is 11.8. The fraction of sp³-hybridized carbons (Fsp3) is 0.533. The first-order valence-corrected chi connectivity index (χ1v) is 7.02. The van der Waals surface area contributed by atoms with Crippen LogP contribution in [-0.2, 0) is 0 Å². The van der Waals surface area contributed by atoms with E-state index in [9.17, 15) is 9.90 Å². The third-order valence-corrected chi connectivity index (χ3v) is 4.20. The van der Waals surface area contributed by atoms with E-state index in [1.807, 2.05) is 26.0 Å². The molecule has 1 amide bonds. The Hall–Kier alpha value is -1.75. The number of amides is 1. The topological polar surface area (TPSA) is 61.8 Å². The van der Waals surface area contributed by atoms with Crippen molar-refractivity contribution in [2.75, 3.05) is 31.6 Å². The highest BCUT2D eigenvalue weighted by molar-refractivity contribution is 5.99. The molecule has 0 radical (unpaired) electrons. The molecule has 0 aliphatic carbocycles. The van der Waals surface area contributed by atoms with Crippen molar-refractivity contribution in [1.82, 2.24) is 4.90 Å². The number of benzene rings is 1. The Morgan fingerprint density at radius 3 is 2.90 bits per heavy atom. The van der Waals surface area contributed by atoms with Crippen molar-refractivity contribution in [3.05, 3.63) is 23.8 Å². The third kappa shape index (κ3) is 2.02. The maximum atomic E-state index is 12.5. The maximum absolute atomic E-state index is 12.5. The molecule has 3 rings (SSSR count). The largest absolute Gasteiger partial charge is 0.489 e. The number of carbonyl (C=O) groups excluding carboxylic acids is 1. The summed E-state index contributed by atoms with van der Waals surface area (Å²) in [5.74, 6) is 0.703. The molecule has 0 bridgehead atoms. The van der Waals surface area contributed by atoms with E-state index >= 15 is 0 Å². The number of hydrogen-bond donors (Lipinski definition) is 2. The lowest BCUT2D eigenvalue weighted by molar-refractivity contribution is -0.110. The van der Waals surface area contributed by atoms with Gasteiger partial charge in [0.05, 0.1) is 24.3 Å². The molecule has 2 N–H and O–H groups in total. The van der Waals surface area contributed by atoms with Gasteiger partial charge < -0.3 is 20.1 Å². The highest BCUT2D eigenvalue weighted by atomic mass is 16.5. The third-order valence-electron chi connectivity index (χ3n) is 4.20. The van der Waals surface area contributed by atoms with Crippen LogP contribution in [0, 0.1) is 5.92 Å². The van der Waals surface area contributed by atoms with Crippen LogP contribution >= 0.6 is 0 Å². The normalized spacial score (nSPS) is 19.7. The molecule has 0 unspecified atom stereocenters. The van der Waals surface area contributed by atoms with E-state index in [0.717, 1.165) is 12.2 Å². The highest BCUT2D eigenvalue weighted by Crippen LogP contribution is 2.35. The monoisotopic (exact) mass is 276 g/mol. The van der Waals surface area contributed by atoms with Crippen molar-refractivity contribution in [2.24, 2.45) is 5.92 Å². The molecule has 0 saturated carbocycles. The standard InChI is InChI=1S/C15H20N2O3/c1-10(2)15(19)8-17(9-15)14(18)11-4-3-5-12-13(11)20-7-6-16-12/h3-5,10,16,19H,6-9H2,1-2H3. The lowest BCUT2D eigenvalue weighted by atomic mass is 9.82. The molecule has 5 heteroatoms. The molecular formula is C15H20N2O3. The van der Waals surface area contributed by atoms with E-state index in [0.29, 0.717) is 31.0 Å². The second-order valence-electron chi connectivity index (χ2n) is 5.88. The Kier molecular flexibility index (Phi) is 3.09. The van der Waals surface area contributed by atoms with Gasteiger partial charge in [0.15, 0.2) is 5.75 Å². The second kappa shape index (κ2) is 4.66. The molecule has 2 heterocycles. The van der Waals surface area contributed by atoms with Crippen LogP contribution in [0.2, 0.25) is 0 Å². The molecule has 0 spiro atoms. The van der Waals surface area contributed by atoms with Crippen molar-refractivity contribution in [3.63, 3.8) is 0 Å². The van der Waals surface area contributed by atoms with Crippen molar-refractivity contribution in [1.29, 1.82) is 0 Å². The van der Waals surface area contributed by atoms with Crippen LogP contribution in [0.1, 0.15) is 24.2 Å². The molecular weight excluding hydrogens is 256 g/mol. The average molecular weight is 276 g/mol. The van der Waals surface area contributed by atoms with Crippen LogP contribution in [-0.4, -0.2) is 47.8 Å². The van der Waals surface area contributed by atoms with Gasteiger partial charge in [-0.25, -0.2) is 0 Å². The van der Waals surface area contributed by atoms with Crippen LogP contribution in [0.25, 0.3) is 0 Å². The Bertz CT molecular complexity index is 536. The summed E-state index contributed by atoms with van der Waals surface area (Å²) in [5, 5.41) is 13.5. The number of ether oxygens (including phenoxy) is 1. The van der Waals surface area contributed by atoms with Crippen LogP contribution in [0.3, 0.4) is 0 Å². The Balaban J connectivity index is 1.80. The van der Waals surface area contributed by atoms with Gasteiger partial charge in [0.1, 0.15) is 12.2 Å². The van der Waals surface area contributed by atoms with Crippen LogP contribution in [0.15, 0.2) is 18.2 Å². The minimum absolute atomic E-state index is 0.0733. The minimum atomic E-state index is -0.746. The second-order valence-corrected chi connectivity index (χ2v) is 5.88. The lowest BCUT2D eigenvalue weighted by Crippen LogP contribution is -2.66. The van der Waals surface area contributed by atoms with E-state index < -0.39 is 5.60 Å². The summed E-state index contributed by atoms with van der Waals surface area (Å²) < 4.78 is 5.62. The number of aliphatic hydroxyl groups is 1. The fourth-order valence-corrected chi connectivity index (χ4v) is 2.63. The SMILES string of the molecule is CC(C)C1(O)CN(C(=O)c2cccc3c2OCCN3)C1. The summed E-state index contributed by atoms with van der Waals surface area (Å²) in [7, 11) is 0. The molecule has 2 aliphatic rings. The van der Waals surface area contributed by atoms with Gasteiger partial charge in [0, 0.05) is 6.54 Å². The van der Waals surface area contributed by atoms with Gasteiger partial charge in [-0.1, -0.05) is 19.9 Å². The van der Waals surface area contributed by atoms with Crippen molar-refractivity contribution >= 4 is 11.6 Å². The summed E-state index contributed by atoms with van der Waals surface area (Å²) >= 11 is 0. The van der Waals surface area contributed by atoms with E-state index in [1.165, 1.54) is 0 Å². The van der Waals surface area contributed by atoms with Gasteiger partial charge in [0.25, 0.3) is 5.91 Å². The number of likely N-dealkylation sites (tertiary alicyclic amines) is 1. The van der Waals surface area contributed by atoms with E-state index in [1.54, 1.807) is 11.0 Å². The number of nitrogens with one attached hydrogen (secondary N) is 1. The Morgan fingerprint density at radius 1 is 1.45 bits per heavy atom. The highest BCUT2D eigenvalue weighted by Gasteiger charge is 2.46. The van der Waals surface area contributed by atoms with Crippen LogP contribution in [0.5, 0.6) is 5.75 Å². The molecule has 0 atom stereocenters. The average Bonchev–Trinajstić information content (AvgIpc) is 2.42. The van der Waals surface area contributed by atoms with Crippen molar-refractivity contribution < 1.29 is 14.6 Å². The number of hydrogen-bond acceptors (Lipinski definition) is 4. The molecule has 1 saturated heterocycles. The number of para-hydroxylation sites is 1. The molecule has 1 aromatic carbocycles. The van der Waals surface area contributed by atoms with E-state index in [4.69, 9.17) is 4.74 Å². The van der Waals surface area contributed by atoms with Gasteiger partial charge in [0.2, 0.25) is 0 Å². The number of anilines is 1. The zero-order valence-corrected chi connectivity index (χ0v) is 11.8. The number of nitrogens with zero attached hydrogens (tertiary/aromatic N) is 1. The summed E-state index contributed by atoms with van der Waals surface area (Å²) in [5.41, 5.74) is 0.686. The molecule has 5 nitrogen and oxygen atoms in total. The summed E-state index contributed by atoms with van der Waals surface area (Å²) in [6.07, 6.45) is 0. The maximum Gasteiger partial charge on any atom is 0.257 e. The predicted molar refractivity (Wildman–Crippen MR) is 76.1 cm³/mol. The number of β-amino-alcohol motifs (C(OH)–C–C–N with tert-alkyl or cyclic N) is 1. The quantitative estimate of drug-likeness (QED) is 0.855. The number of rotatable bonds is 2. The first-order chi connectivity index (χ1) is 9.51. The van der Waals surface area contributed by atoms with Gasteiger partial charge in [-0.2, -0.15) is 0 Å². The molecule has 2 aliphatic heterocycles. The lowest BCUT2D eigenvalue weighted by Gasteiger charge is -2.49. The summed E-state index contributed by atoms with van der Waals surface area (Å²) in [6.45, 7) is 6.04. The fourth-order valence-electron chi connectivity index (χ4n) is 2.63. The summed E-state index contributed by atoms with van der Waals surface area (Å²) in [6, 6.07) is 5.54. The van der Waals surface area contributed by atoms with Gasteiger partial charge in [-0.3, -0.25) is 4.79 Å².